The van der Waals surface area contributed by atoms with Crippen LogP contribution in [0, 0.1) is 0 Å². The standard InChI is InChI=1S/C13H24N4O3S2/c1-5-6-7-8-9-10-22(19,20)12-15-14-11(21-12)17(4)13(18)16(2)3/h5-10H2,1-4H3. The van der Waals surface area contributed by atoms with E-state index in [2.05, 4.69) is 17.1 Å². The molecule has 0 atom stereocenters. The first-order chi connectivity index (χ1) is 10.3. The zero-order valence-electron chi connectivity index (χ0n) is 13.6. The molecule has 0 fully saturated rings. The number of urea groups is 1. The summed E-state index contributed by atoms with van der Waals surface area (Å²) < 4.78 is 24.4. The van der Waals surface area contributed by atoms with E-state index in [1.807, 2.05) is 0 Å². The summed E-state index contributed by atoms with van der Waals surface area (Å²) in [5.74, 6) is 0.0800. The van der Waals surface area contributed by atoms with Crippen molar-refractivity contribution in [3.63, 3.8) is 0 Å². The zero-order chi connectivity index (χ0) is 16.8. The van der Waals surface area contributed by atoms with Crippen molar-refractivity contribution in [1.29, 1.82) is 0 Å². The second kappa shape index (κ2) is 8.42. The molecule has 2 amide bonds. The molecule has 0 spiro atoms. The molecule has 0 aliphatic rings. The minimum atomic E-state index is -3.41. The molecule has 0 N–H and O–H groups in total. The molecule has 0 saturated carbocycles. The minimum Gasteiger partial charge on any atom is -0.330 e. The van der Waals surface area contributed by atoms with E-state index < -0.39 is 9.84 Å². The summed E-state index contributed by atoms with van der Waals surface area (Å²) in [4.78, 5) is 14.5. The maximum atomic E-state index is 12.2. The van der Waals surface area contributed by atoms with Crippen molar-refractivity contribution < 1.29 is 13.2 Å². The molecule has 1 heterocycles. The molecule has 0 radical (unpaired) electrons. The average Bonchev–Trinajstić information content (AvgIpc) is 2.96. The fourth-order valence-corrected chi connectivity index (χ4v) is 4.27. The largest absolute Gasteiger partial charge is 0.330 e. The van der Waals surface area contributed by atoms with Gasteiger partial charge in [-0.1, -0.05) is 43.9 Å². The number of hydrogen-bond donors (Lipinski definition) is 0. The average molecular weight is 348 g/mol. The van der Waals surface area contributed by atoms with Gasteiger partial charge in [-0.25, -0.2) is 13.2 Å². The van der Waals surface area contributed by atoms with E-state index in [1.54, 1.807) is 21.1 Å². The highest BCUT2D eigenvalue weighted by Gasteiger charge is 2.23. The summed E-state index contributed by atoms with van der Waals surface area (Å²) in [5, 5.41) is 7.83. The lowest BCUT2D eigenvalue weighted by molar-refractivity contribution is 0.225. The summed E-state index contributed by atoms with van der Waals surface area (Å²) in [6.45, 7) is 2.12. The number of rotatable bonds is 8. The molecule has 0 saturated heterocycles. The van der Waals surface area contributed by atoms with Crippen LogP contribution >= 0.6 is 11.3 Å². The number of amides is 2. The smallest absolute Gasteiger partial charge is 0.325 e. The number of aromatic nitrogens is 2. The topological polar surface area (TPSA) is 83.5 Å². The molecule has 1 aromatic heterocycles. The highest BCUT2D eigenvalue weighted by atomic mass is 32.2. The van der Waals surface area contributed by atoms with Crippen LogP contribution in [0.3, 0.4) is 0 Å². The summed E-state index contributed by atoms with van der Waals surface area (Å²) in [6.07, 6.45) is 4.83. The number of sulfone groups is 1. The second-order valence-electron chi connectivity index (χ2n) is 5.32. The molecule has 0 aliphatic carbocycles. The predicted octanol–water partition coefficient (Wildman–Crippen LogP) is 2.40. The molecular weight excluding hydrogens is 324 g/mol. The Balaban J connectivity index is 2.67. The van der Waals surface area contributed by atoms with Crippen LogP contribution in [0.2, 0.25) is 0 Å². The number of nitrogens with zero attached hydrogens (tertiary/aromatic N) is 4. The van der Waals surface area contributed by atoms with Crippen molar-refractivity contribution in [3.05, 3.63) is 0 Å². The fourth-order valence-electron chi connectivity index (χ4n) is 1.83. The van der Waals surface area contributed by atoms with E-state index in [-0.39, 0.29) is 21.3 Å². The molecule has 1 aromatic rings. The molecule has 7 nitrogen and oxygen atoms in total. The molecule has 0 unspecified atom stereocenters. The summed E-state index contributed by atoms with van der Waals surface area (Å²) in [5.41, 5.74) is 0. The molecular formula is C13H24N4O3S2. The highest BCUT2D eigenvalue weighted by Crippen LogP contribution is 2.24. The Labute approximate surface area is 136 Å². The van der Waals surface area contributed by atoms with E-state index in [0.29, 0.717) is 6.42 Å². The van der Waals surface area contributed by atoms with Crippen molar-refractivity contribution >= 4 is 32.3 Å². The van der Waals surface area contributed by atoms with E-state index in [9.17, 15) is 13.2 Å². The van der Waals surface area contributed by atoms with Crippen LogP contribution in [0.5, 0.6) is 0 Å². The predicted molar refractivity (Wildman–Crippen MR) is 88.2 cm³/mol. The van der Waals surface area contributed by atoms with Crippen molar-refractivity contribution in [2.45, 2.75) is 43.4 Å². The van der Waals surface area contributed by atoms with Gasteiger partial charge in [-0.2, -0.15) is 0 Å². The van der Waals surface area contributed by atoms with Gasteiger partial charge in [0.05, 0.1) is 5.75 Å². The van der Waals surface area contributed by atoms with Crippen LogP contribution in [0.25, 0.3) is 0 Å². The number of carbonyl (C=O) groups excluding carboxylic acids is 1. The van der Waals surface area contributed by atoms with Gasteiger partial charge in [0.15, 0.2) is 0 Å². The van der Waals surface area contributed by atoms with Crippen molar-refractivity contribution in [3.8, 4) is 0 Å². The first-order valence-corrected chi connectivity index (χ1v) is 9.77. The van der Waals surface area contributed by atoms with Crippen LogP contribution < -0.4 is 4.90 Å². The van der Waals surface area contributed by atoms with Gasteiger partial charge in [0.1, 0.15) is 0 Å². The van der Waals surface area contributed by atoms with E-state index in [1.165, 1.54) is 9.80 Å². The second-order valence-corrected chi connectivity index (χ2v) is 8.56. The lowest BCUT2D eigenvalue weighted by Crippen LogP contribution is -2.36. The third-order valence-corrected chi connectivity index (χ3v) is 6.38. The molecule has 0 aromatic carbocycles. The molecule has 22 heavy (non-hydrogen) atoms. The quantitative estimate of drug-likeness (QED) is 0.532. The monoisotopic (exact) mass is 348 g/mol. The Kier molecular flexibility index (Phi) is 7.21. The maximum absolute atomic E-state index is 12.2. The molecule has 126 valence electrons. The Hall–Kier alpha value is -1.22. The van der Waals surface area contributed by atoms with Crippen molar-refractivity contribution in [2.24, 2.45) is 0 Å². The van der Waals surface area contributed by atoms with Gasteiger partial charge in [-0.3, -0.25) is 4.90 Å². The number of anilines is 1. The third kappa shape index (κ3) is 5.20. The first-order valence-electron chi connectivity index (χ1n) is 7.31. The molecule has 0 aliphatic heterocycles. The van der Waals surface area contributed by atoms with Crippen LogP contribution in [0.1, 0.15) is 39.0 Å². The van der Waals surface area contributed by atoms with Gasteiger partial charge in [-0.05, 0) is 6.42 Å². The van der Waals surface area contributed by atoms with E-state index in [4.69, 9.17) is 0 Å². The Morgan fingerprint density at radius 1 is 1.09 bits per heavy atom. The highest BCUT2D eigenvalue weighted by molar-refractivity contribution is 7.93. The SMILES string of the molecule is CCCCCCCS(=O)(=O)c1nnc(N(C)C(=O)N(C)C)s1. The van der Waals surface area contributed by atoms with Crippen molar-refractivity contribution in [2.75, 3.05) is 31.8 Å². The minimum absolute atomic E-state index is 0.0172. The van der Waals surface area contributed by atoms with E-state index in [0.717, 1.165) is 37.0 Å². The third-order valence-electron chi connectivity index (χ3n) is 3.13. The van der Waals surface area contributed by atoms with Crippen LogP contribution in [0.4, 0.5) is 9.93 Å². The lowest BCUT2D eigenvalue weighted by Gasteiger charge is -2.18. The maximum Gasteiger partial charge on any atom is 0.325 e. The van der Waals surface area contributed by atoms with Gasteiger partial charge in [0.2, 0.25) is 19.3 Å². The molecule has 9 heteroatoms. The van der Waals surface area contributed by atoms with Crippen LogP contribution in [0.15, 0.2) is 4.34 Å². The first kappa shape index (κ1) is 18.8. The molecule has 1 rings (SSSR count). The van der Waals surface area contributed by atoms with Gasteiger partial charge in [0.25, 0.3) is 0 Å². The summed E-state index contributed by atoms with van der Waals surface area (Å²) in [6, 6.07) is -0.278. The lowest BCUT2D eigenvalue weighted by atomic mass is 10.2. The Morgan fingerprint density at radius 2 is 1.73 bits per heavy atom. The van der Waals surface area contributed by atoms with Gasteiger partial charge in [-0.15, -0.1) is 10.2 Å². The van der Waals surface area contributed by atoms with Gasteiger partial charge >= 0.3 is 6.03 Å². The number of hydrogen-bond acceptors (Lipinski definition) is 6. The normalized spacial score (nSPS) is 11.5. The van der Waals surface area contributed by atoms with Gasteiger partial charge in [0, 0.05) is 21.1 Å². The van der Waals surface area contributed by atoms with Gasteiger partial charge < -0.3 is 4.90 Å². The molecule has 0 bridgehead atoms. The summed E-state index contributed by atoms with van der Waals surface area (Å²) in [7, 11) is 1.37. The Morgan fingerprint density at radius 3 is 2.32 bits per heavy atom. The van der Waals surface area contributed by atoms with Crippen molar-refractivity contribution in [1.82, 2.24) is 15.1 Å². The van der Waals surface area contributed by atoms with Crippen LogP contribution in [-0.4, -0.2) is 56.4 Å². The summed E-state index contributed by atoms with van der Waals surface area (Å²) >= 11 is 0.930. The van der Waals surface area contributed by atoms with Crippen LogP contribution in [-0.2, 0) is 9.84 Å². The van der Waals surface area contributed by atoms with E-state index >= 15 is 0 Å². The number of carbonyl (C=O) groups is 1. The zero-order valence-corrected chi connectivity index (χ0v) is 15.2. The fraction of sp³-hybridized carbons (Fsp3) is 0.769. The Bertz CT molecular complexity index is 584. The number of unbranched alkanes of at least 4 members (excludes halogenated alkanes) is 4.